The SMILES string of the molecule is CCN(CC)c1ccc(-c2nnc(SCC(=O)N[C@@](C)(C#N)C(C)C)n2CC)cc1. The Labute approximate surface area is 183 Å². The van der Waals surface area contributed by atoms with Crippen LogP contribution in [0.1, 0.15) is 41.5 Å². The molecule has 0 aliphatic heterocycles. The van der Waals surface area contributed by atoms with Crippen LogP contribution < -0.4 is 10.2 Å². The van der Waals surface area contributed by atoms with Gasteiger partial charge in [-0.1, -0.05) is 25.6 Å². The fraction of sp³-hybridized carbons (Fsp3) is 0.545. The van der Waals surface area contributed by atoms with Gasteiger partial charge in [0, 0.05) is 30.9 Å². The van der Waals surface area contributed by atoms with Gasteiger partial charge in [-0.15, -0.1) is 10.2 Å². The van der Waals surface area contributed by atoms with E-state index in [4.69, 9.17) is 0 Å². The fourth-order valence-electron chi connectivity index (χ4n) is 3.06. The van der Waals surface area contributed by atoms with Crippen molar-refractivity contribution in [1.82, 2.24) is 20.1 Å². The number of hydrogen-bond donors (Lipinski definition) is 1. The van der Waals surface area contributed by atoms with Gasteiger partial charge in [-0.05, 0) is 57.9 Å². The number of carbonyl (C=O) groups excluding carboxylic acids is 1. The summed E-state index contributed by atoms with van der Waals surface area (Å²) in [6.45, 7) is 14.5. The predicted molar refractivity (Wildman–Crippen MR) is 122 cm³/mol. The average Bonchev–Trinajstić information content (AvgIpc) is 3.16. The quantitative estimate of drug-likeness (QED) is 0.577. The van der Waals surface area contributed by atoms with E-state index in [9.17, 15) is 10.1 Å². The van der Waals surface area contributed by atoms with Crippen LogP contribution in [0.3, 0.4) is 0 Å². The summed E-state index contributed by atoms with van der Waals surface area (Å²) >= 11 is 1.33. The minimum absolute atomic E-state index is 0.0154. The summed E-state index contributed by atoms with van der Waals surface area (Å²) < 4.78 is 2.01. The molecule has 2 aromatic rings. The second kappa shape index (κ2) is 10.5. The first-order chi connectivity index (χ1) is 14.3. The largest absolute Gasteiger partial charge is 0.372 e. The number of nitrogens with zero attached hydrogens (tertiary/aromatic N) is 5. The first kappa shape index (κ1) is 23.7. The Morgan fingerprint density at radius 1 is 1.23 bits per heavy atom. The van der Waals surface area contributed by atoms with E-state index in [0.717, 1.165) is 24.5 Å². The summed E-state index contributed by atoms with van der Waals surface area (Å²) in [7, 11) is 0. The maximum atomic E-state index is 12.4. The molecule has 0 saturated heterocycles. The minimum atomic E-state index is -0.881. The summed E-state index contributed by atoms with van der Waals surface area (Å²) in [5.74, 6) is 0.800. The van der Waals surface area contributed by atoms with E-state index in [-0.39, 0.29) is 17.6 Å². The molecule has 1 heterocycles. The number of anilines is 1. The molecule has 1 aromatic carbocycles. The number of aromatic nitrogens is 3. The zero-order chi connectivity index (χ0) is 22.3. The van der Waals surface area contributed by atoms with Crippen molar-refractivity contribution < 1.29 is 4.79 Å². The minimum Gasteiger partial charge on any atom is -0.372 e. The van der Waals surface area contributed by atoms with Crippen LogP contribution in [0.25, 0.3) is 11.4 Å². The monoisotopic (exact) mass is 428 g/mol. The second-order valence-electron chi connectivity index (χ2n) is 7.58. The Kier molecular flexibility index (Phi) is 8.30. The van der Waals surface area contributed by atoms with E-state index in [0.29, 0.717) is 11.7 Å². The van der Waals surface area contributed by atoms with E-state index in [1.807, 2.05) is 25.3 Å². The highest BCUT2D eigenvalue weighted by Gasteiger charge is 2.30. The Morgan fingerprint density at radius 3 is 2.37 bits per heavy atom. The molecule has 0 aliphatic carbocycles. The highest BCUT2D eigenvalue weighted by atomic mass is 32.2. The summed E-state index contributed by atoms with van der Waals surface area (Å²) in [6, 6.07) is 10.5. The molecule has 1 N–H and O–H groups in total. The molecule has 0 spiro atoms. The molecule has 7 nitrogen and oxygen atoms in total. The number of nitriles is 1. The number of thioether (sulfide) groups is 1. The molecule has 0 bridgehead atoms. The number of rotatable bonds is 10. The molecule has 30 heavy (non-hydrogen) atoms. The van der Waals surface area contributed by atoms with Crippen molar-refractivity contribution in [2.45, 2.75) is 58.8 Å². The Bertz CT molecular complexity index is 882. The highest BCUT2D eigenvalue weighted by Crippen LogP contribution is 2.26. The number of carbonyl (C=O) groups is 1. The van der Waals surface area contributed by atoms with Gasteiger partial charge in [0.15, 0.2) is 11.0 Å². The lowest BCUT2D eigenvalue weighted by Crippen LogP contribution is -2.49. The van der Waals surface area contributed by atoms with Crippen LogP contribution >= 0.6 is 11.8 Å². The van der Waals surface area contributed by atoms with Crippen LogP contribution in [-0.2, 0) is 11.3 Å². The van der Waals surface area contributed by atoms with Crippen molar-refractivity contribution in [1.29, 1.82) is 5.26 Å². The van der Waals surface area contributed by atoms with Crippen LogP contribution in [0.15, 0.2) is 29.4 Å². The molecule has 1 atom stereocenters. The normalized spacial score (nSPS) is 13.0. The van der Waals surface area contributed by atoms with Crippen LogP contribution in [-0.4, -0.2) is 45.1 Å². The third-order valence-corrected chi connectivity index (χ3v) is 6.37. The van der Waals surface area contributed by atoms with E-state index in [1.165, 1.54) is 17.4 Å². The van der Waals surface area contributed by atoms with Crippen molar-refractivity contribution in [2.75, 3.05) is 23.7 Å². The summed E-state index contributed by atoms with van der Waals surface area (Å²) in [5, 5.41) is 21.6. The van der Waals surface area contributed by atoms with Crippen molar-refractivity contribution >= 4 is 23.4 Å². The zero-order valence-electron chi connectivity index (χ0n) is 18.8. The predicted octanol–water partition coefficient (Wildman–Crippen LogP) is 3.96. The van der Waals surface area contributed by atoms with Gasteiger partial charge >= 0.3 is 0 Å². The summed E-state index contributed by atoms with van der Waals surface area (Å²) in [6.07, 6.45) is 0. The van der Waals surface area contributed by atoms with Crippen molar-refractivity contribution in [3.63, 3.8) is 0 Å². The molecule has 1 aromatic heterocycles. The topological polar surface area (TPSA) is 86.8 Å². The first-order valence-electron chi connectivity index (χ1n) is 10.4. The van der Waals surface area contributed by atoms with Gasteiger partial charge < -0.3 is 14.8 Å². The zero-order valence-corrected chi connectivity index (χ0v) is 19.6. The first-order valence-corrected chi connectivity index (χ1v) is 11.4. The van der Waals surface area contributed by atoms with E-state index >= 15 is 0 Å². The standard InChI is InChI=1S/C22H32N6OS/c1-7-27(8-2)18-12-10-17(11-13-18)20-25-26-21(28(20)9-3)30-14-19(29)24-22(6,15-23)16(4)5/h10-13,16H,7-9,14H2,1-6H3,(H,24,29)/t22-/m0/s1. The van der Waals surface area contributed by atoms with Gasteiger partial charge in [-0.25, -0.2) is 0 Å². The van der Waals surface area contributed by atoms with Crippen LogP contribution in [0.2, 0.25) is 0 Å². The van der Waals surface area contributed by atoms with E-state index in [1.54, 1.807) is 6.92 Å². The molecular weight excluding hydrogens is 396 g/mol. The molecule has 0 aliphatic rings. The maximum Gasteiger partial charge on any atom is 0.231 e. The Balaban J connectivity index is 2.13. The Hall–Kier alpha value is -2.53. The highest BCUT2D eigenvalue weighted by molar-refractivity contribution is 7.99. The summed E-state index contributed by atoms with van der Waals surface area (Å²) in [5.41, 5.74) is 1.30. The molecule has 0 saturated carbocycles. The van der Waals surface area contributed by atoms with Crippen LogP contribution in [0.5, 0.6) is 0 Å². The molecule has 0 radical (unpaired) electrons. The van der Waals surface area contributed by atoms with E-state index < -0.39 is 5.54 Å². The Morgan fingerprint density at radius 2 is 1.87 bits per heavy atom. The number of amides is 1. The number of hydrogen-bond acceptors (Lipinski definition) is 6. The van der Waals surface area contributed by atoms with Crippen molar-refractivity contribution in [2.24, 2.45) is 5.92 Å². The third kappa shape index (κ3) is 5.33. The van der Waals surface area contributed by atoms with Gasteiger partial charge in [0.25, 0.3) is 0 Å². The third-order valence-electron chi connectivity index (χ3n) is 5.41. The van der Waals surface area contributed by atoms with Gasteiger partial charge in [-0.2, -0.15) is 5.26 Å². The van der Waals surface area contributed by atoms with Crippen molar-refractivity contribution in [3.8, 4) is 17.5 Å². The van der Waals surface area contributed by atoms with Gasteiger partial charge in [0.1, 0.15) is 5.54 Å². The van der Waals surface area contributed by atoms with Gasteiger partial charge in [-0.3, -0.25) is 4.79 Å². The van der Waals surface area contributed by atoms with Crippen LogP contribution in [0.4, 0.5) is 5.69 Å². The lowest BCUT2D eigenvalue weighted by molar-refractivity contribution is -0.120. The molecule has 1 amide bonds. The lowest BCUT2D eigenvalue weighted by atomic mass is 9.90. The average molecular weight is 429 g/mol. The van der Waals surface area contributed by atoms with Gasteiger partial charge in [0.05, 0.1) is 11.8 Å². The van der Waals surface area contributed by atoms with Crippen LogP contribution in [0, 0.1) is 17.2 Å². The number of benzene rings is 1. The molecule has 162 valence electrons. The molecule has 0 fully saturated rings. The molecule has 8 heteroatoms. The smallest absolute Gasteiger partial charge is 0.231 e. The second-order valence-corrected chi connectivity index (χ2v) is 8.52. The molecule has 0 unspecified atom stereocenters. The van der Waals surface area contributed by atoms with E-state index in [2.05, 4.69) is 64.6 Å². The summed E-state index contributed by atoms with van der Waals surface area (Å²) in [4.78, 5) is 14.7. The molecule has 2 rings (SSSR count). The lowest BCUT2D eigenvalue weighted by Gasteiger charge is -2.27. The maximum absolute atomic E-state index is 12.4. The van der Waals surface area contributed by atoms with Gasteiger partial charge in [0.2, 0.25) is 5.91 Å². The molecular formula is C22H32N6OS. The van der Waals surface area contributed by atoms with Crippen molar-refractivity contribution in [3.05, 3.63) is 24.3 Å². The fourth-order valence-corrected chi connectivity index (χ4v) is 3.86. The number of nitrogens with one attached hydrogen (secondary N) is 1.